The molecule has 25 heavy (non-hydrogen) atoms. The van der Waals surface area contributed by atoms with Crippen molar-refractivity contribution in [3.63, 3.8) is 0 Å². The fourth-order valence-electron chi connectivity index (χ4n) is 2.26. The number of hydrogen-bond acceptors (Lipinski definition) is 3. The first-order valence-corrected chi connectivity index (χ1v) is 9.79. The molecule has 0 aliphatic heterocycles. The molecule has 0 bridgehead atoms. The second kappa shape index (κ2) is 11.6. The maximum atomic E-state index is 4.54. The Bertz CT molecular complexity index is 700. The van der Waals surface area contributed by atoms with Gasteiger partial charge in [0.05, 0.1) is 4.88 Å². The normalized spacial score (nSPS) is 9.72. The Morgan fingerprint density at radius 3 is 1.96 bits per heavy atom. The van der Waals surface area contributed by atoms with Gasteiger partial charge in [-0.2, -0.15) is 0 Å². The molecule has 0 saturated heterocycles. The highest BCUT2D eigenvalue weighted by molar-refractivity contribution is 7.18. The van der Waals surface area contributed by atoms with Gasteiger partial charge in [-0.3, -0.25) is 0 Å². The lowest BCUT2D eigenvalue weighted by molar-refractivity contribution is 0.402. The highest BCUT2D eigenvalue weighted by Crippen LogP contribution is 2.31. The van der Waals surface area contributed by atoms with E-state index in [4.69, 9.17) is 0 Å². The summed E-state index contributed by atoms with van der Waals surface area (Å²) < 4.78 is 0. The van der Waals surface area contributed by atoms with Gasteiger partial charge in [0.25, 0.3) is 0 Å². The van der Waals surface area contributed by atoms with E-state index in [1.165, 1.54) is 21.6 Å². The first-order chi connectivity index (χ1) is 12.2. The van der Waals surface area contributed by atoms with Gasteiger partial charge in [-0.15, -0.1) is 11.3 Å². The summed E-state index contributed by atoms with van der Waals surface area (Å²) in [5, 5.41) is 1.07. The van der Waals surface area contributed by atoms with E-state index in [0.29, 0.717) is 0 Å². The van der Waals surface area contributed by atoms with E-state index in [-0.39, 0.29) is 0 Å². The van der Waals surface area contributed by atoms with Gasteiger partial charge in [-0.05, 0) is 25.2 Å². The van der Waals surface area contributed by atoms with E-state index in [9.17, 15) is 0 Å². The Kier molecular flexibility index (Phi) is 9.75. The van der Waals surface area contributed by atoms with Gasteiger partial charge in [-0.1, -0.05) is 82.3 Å². The van der Waals surface area contributed by atoms with Crippen LogP contribution in [-0.4, -0.2) is 24.0 Å². The lowest BCUT2D eigenvalue weighted by Crippen LogP contribution is -2.10. The molecule has 3 rings (SSSR count). The van der Waals surface area contributed by atoms with E-state index in [2.05, 4.69) is 60.4 Å². The second-order valence-corrected chi connectivity index (χ2v) is 6.36. The van der Waals surface area contributed by atoms with Crippen molar-refractivity contribution in [2.45, 2.75) is 34.2 Å². The van der Waals surface area contributed by atoms with Crippen molar-refractivity contribution in [2.24, 2.45) is 0 Å². The molecule has 2 aromatic carbocycles. The molecule has 2 nitrogen and oxygen atoms in total. The molecule has 0 aliphatic rings. The number of thiazole rings is 1. The lowest BCUT2D eigenvalue weighted by Gasteiger charge is -2.09. The second-order valence-electron chi connectivity index (χ2n) is 5.33. The van der Waals surface area contributed by atoms with Gasteiger partial charge < -0.3 is 4.90 Å². The molecule has 0 saturated carbocycles. The molecule has 0 radical (unpaired) electrons. The average Bonchev–Trinajstić information content (AvgIpc) is 3.16. The maximum absolute atomic E-state index is 4.54. The van der Waals surface area contributed by atoms with Gasteiger partial charge in [0.1, 0.15) is 5.01 Å². The van der Waals surface area contributed by atoms with Crippen molar-refractivity contribution in [2.75, 3.05) is 14.1 Å². The van der Waals surface area contributed by atoms with Crippen molar-refractivity contribution in [1.82, 2.24) is 9.88 Å². The zero-order valence-electron chi connectivity index (χ0n) is 16.3. The van der Waals surface area contributed by atoms with E-state index in [1.54, 1.807) is 11.3 Å². The molecular formula is C22H30N2S. The zero-order chi connectivity index (χ0) is 18.7. The monoisotopic (exact) mass is 354 g/mol. The van der Waals surface area contributed by atoms with Crippen molar-refractivity contribution < 1.29 is 0 Å². The predicted octanol–water partition coefficient (Wildman–Crippen LogP) is 6.59. The highest BCUT2D eigenvalue weighted by Gasteiger charge is 2.06. The topological polar surface area (TPSA) is 16.1 Å². The number of rotatable bonds is 4. The molecule has 3 heteroatoms. The van der Waals surface area contributed by atoms with Crippen LogP contribution < -0.4 is 0 Å². The highest BCUT2D eigenvalue weighted by atomic mass is 32.1. The summed E-state index contributed by atoms with van der Waals surface area (Å²) in [6.45, 7) is 8.97. The molecule has 0 unspecified atom stereocenters. The summed E-state index contributed by atoms with van der Waals surface area (Å²) in [4.78, 5) is 7.93. The van der Waals surface area contributed by atoms with Gasteiger partial charge >= 0.3 is 0 Å². The fourth-order valence-corrected chi connectivity index (χ4v) is 3.19. The van der Waals surface area contributed by atoms with Crippen LogP contribution in [0.3, 0.4) is 0 Å². The maximum Gasteiger partial charge on any atom is 0.123 e. The Morgan fingerprint density at radius 1 is 0.800 bits per heavy atom. The Balaban J connectivity index is 0.000000730. The molecule has 1 aromatic heterocycles. The molecule has 0 aliphatic carbocycles. The molecule has 0 spiro atoms. The van der Waals surface area contributed by atoms with Crippen molar-refractivity contribution in [1.29, 1.82) is 0 Å². The fraction of sp³-hybridized carbons (Fsp3) is 0.318. The third-order valence-corrected chi connectivity index (χ3v) is 4.36. The summed E-state index contributed by atoms with van der Waals surface area (Å²) in [5.41, 5.74) is 3.74. The van der Waals surface area contributed by atoms with Crippen LogP contribution in [0.2, 0.25) is 0 Å². The summed E-state index contributed by atoms with van der Waals surface area (Å²) in [7, 11) is 4.17. The lowest BCUT2D eigenvalue weighted by atomic mass is 10.1. The molecule has 0 N–H and O–H groups in total. The molecule has 0 atom stereocenters. The van der Waals surface area contributed by atoms with Gasteiger partial charge in [0, 0.05) is 18.3 Å². The van der Waals surface area contributed by atoms with Crippen LogP contribution in [0.15, 0.2) is 60.8 Å². The van der Waals surface area contributed by atoms with Gasteiger partial charge in [-0.25, -0.2) is 4.98 Å². The molecular weight excluding hydrogens is 324 g/mol. The Labute approximate surface area is 157 Å². The third kappa shape index (κ3) is 6.45. The largest absolute Gasteiger partial charge is 0.305 e. The third-order valence-electron chi connectivity index (χ3n) is 3.26. The number of hydrogen-bond donors (Lipinski definition) is 0. The minimum atomic E-state index is 0.970. The molecule has 3 aromatic rings. The molecule has 0 fully saturated rings. The van der Waals surface area contributed by atoms with Gasteiger partial charge in [0.15, 0.2) is 0 Å². The van der Waals surface area contributed by atoms with Crippen LogP contribution in [0.4, 0.5) is 0 Å². The minimum Gasteiger partial charge on any atom is -0.305 e. The van der Waals surface area contributed by atoms with Crippen LogP contribution in [-0.2, 0) is 6.54 Å². The first kappa shape index (κ1) is 21.1. The van der Waals surface area contributed by atoms with Crippen molar-refractivity contribution >= 4 is 11.3 Å². The quantitative estimate of drug-likeness (QED) is 0.525. The van der Waals surface area contributed by atoms with Gasteiger partial charge in [0.2, 0.25) is 0 Å². The summed E-state index contributed by atoms with van der Waals surface area (Å²) >= 11 is 1.74. The van der Waals surface area contributed by atoms with Crippen molar-refractivity contribution in [3.05, 3.63) is 66.4 Å². The standard InChI is InChI=1S/C18H18N2S.2C2H6/c1-20(2)13-14-8-10-15(11-9-14)17-12-19-18(21-17)16-6-4-3-5-7-16;2*1-2/h3-12H,13H2,1-2H3;2*1-2H3. The summed E-state index contributed by atoms with van der Waals surface area (Å²) in [6.07, 6.45) is 1.97. The van der Waals surface area contributed by atoms with E-state index in [0.717, 1.165) is 11.6 Å². The summed E-state index contributed by atoms with van der Waals surface area (Å²) in [5.74, 6) is 0. The van der Waals surface area contributed by atoms with Crippen LogP contribution in [0, 0.1) is 0 Å². The molecule has 134 valence electrons. The van der Waals surface area contributed by atoms with E-state index >= 15 is 0 Å². The minimum absolute atomic E-state index is 0.970. The molecule has 0 amide bonds. The smallest absolute Gasteiger partial charge is 0.123 e. The number of aromatic nitrogens is 1. The predicted molar refractivity (Wildman–Crippen MR) is 113 cm³/mol. The van der Waals surface area contributed by atoms with Crippen molar-refractivity contribution in [3.8, 4) is 21.0 Å². The average molecular weight is 355 g/mol. The van der Waals surface area contributed by atoms with Crippen LogP contribution in [0.25, 0.3) is 21.0 Å². The Hall–Kier alpha value is -1.97. The molecule has 1 heterocycles. The zero-order valence-corrected chi connectivity index (χ0v) is 17.1. The first-order valence-electron chi connectivity index (χ1n) is 8.97. The number of nitrogens with zero attached hydrogens (tertiary/aromatic N) is 2. The van der Waals surface area contributed by atoms with E-state index in [1.807, 2.05) is 52.1 Å². The number of benzene rings is 2. The van der Waals surface area contributed by atoms with Crippen LogP contribution in [0.5, 0.6) is 0 Å². The SMILES string of the molecule is CC.CC.CN(C)Cc1ccc(-c2cnc(-c3ccccc3)s2)cc1. The Morgan fingerprint density at radius 2 is 1.40 bits per heavy atom. The van der Waals surface area contributed by atoms with E-state index < -0.39 is 0 Å². The van der Waals surface area contributed by atoms with Crippen LogP contribution >= 0.6 is 11.3 Å². The summed E-state index contributed by atoms with van der Waals surface area (Å²) in [6, 6.07) is 19.1. The van der Waals surface area contributed by atoms with Crippen LogP contribution in [0.1, 0.15) is 33.3 Å².